The zero-order valence-corrected chi connectivity index (χ0v) is 12.6. The number of anilines is 1. The largest absolute Gasteiger partial charge is 0.455 e. The molecule has 0 N–H and O–H groups in total. The molecule has 22 heavy (non-hydrogen) atoms. The van der Waals surface area contributed by atoms with Crippen LogP contribution in [-0.4, -0.2) is 11.8 Å². The molecule has 1 aliphatic heterocycles. The Labute approximate surface area is 136 Å². The van der Waals surface area contributed by atoms with E-state index in [0.29, 0.717) is 11.5 Å². The van der Waals surface area contributed by atoms with Crippen LogP contribution in [0.5, 0.6) is 11.5 Å². The highest BCUT2D eigenvalue weighted by atomic mass is 35.5. The van der Waals surface area contributed by atoms with E-state index in [4.69, 9.17) is 27.9 Å². The van der Waals surface area contributed by atoms with E-state index in [-0.39, 0.29) is 15.8 Å². The fraction of sp³-hybridized carbons (Fsp3) is 0. The van der Waals surface area contributed by atoms with Crippen LogP contribution in [0.3, 0.4) is 0 Å². The Morgan fingerprint density at radius 3 is 1.95 bits per heavy atom. The van der Waals surface area contributed by atoms with Crippen molar-refractivity contribution >= 4 is 40.7 Å². The van der Waals surface area contributed by atoms with E-state index < -0.39 is 11.8 Å². The Morgan fingerprint density at radius 2 is 1.32 bits per heavy atom. The maximum absolute atomic E-state index is 12.1. The number of benzene rings is 2. The third kappa shape index (κ3) is 2.47. The highest BCUT2D eigenvalue weighted by Crippen LogP contribution is 2.37. The molecule has 2 aromatic rings. The molecule has 0 saturated heterocycles. The van der Waals surface area contributed by atoms with Crippen molar-refractivity contribution in [2.24, 2.45) is 0 Å². The van der Waals surface area contributed by atoms with E-state index in [9.17, 15) is 9.59 Å². The summed E-state index contributed by atoms with van der Waals surface area (Å²) in [6.07, 6.45) is 0. The molecular weight excluding hydrogens is 325 g/mol. The van der Waals surface area contributed by atoms with Crippen LogP contribution in [-0.2, 0) is 9.59 Å². The van der Waals surface area contributed by atoms with Crippen LogP contribution in [0, 0.1) is 0 Å². The van der Waals surface area contributed by atoms with Gasteiger partial charge in [-0.05, 0) is 24.3 Å². The highest BCUT2D eigenvalue weighted by molar-refractivity contribution is 6.62. The molecule has 4 nitrogen and oxygen atoms in total. The Morgan fingerprint density at radius 1 is 0.773 bits per heavy atom. The maximum Gasteiger partial charge on any atom is 0.278 e. The first-order valence-electron chi connectivity index (χ1n) is 6.35. The lowest BCUT2D eigenvalue weighted by Crippen LogP contribution is -2.31. The highest BCUT2D eigenvalue weighted by Gasteiger charge is 2.39. The summed E-state index contributed by atoms with van der Waals surface area (Å²) in [6.45, 7) is 0. The van der Waals surface area contributed by atoms with Crippen molar-refractivity contribution in [2.45, 2.75) is 0 Å². The number of rotatable bonds is 3. The van der Waals surface area contributed by atoms with Crippen molar-refractivity contribution in [3.8, 4) is 11.5 Å². The zero-order chi connectivity index (χ0) is 15.7. The second-order valence-electron chi connectivity index (χ2n) is 4.46. The molecule has 0 spiro atoms. The van der Waals surface area contributed by atoms with Gasteiger partial charge in [-0.2, -0.15) is 0 Å². The van der Waals surface area contributed by atoms with E-state index in [1.165, 1.54) is 0 Å². The first-order chi connectivity index (χ1) is 10.6. The summed E-state index contributed by atoms with van der Waals surface area (Å²) in [5, 5.41) is -0.581. The van der Waals surface area contributed by atoms with Crippen LogP contribution in [0.25, 0.3) is 0 Å². The standard InChI is InChI=1S/C16H9Cl2NO3/c17-13-14(18)16(21)19(15(13)20)11-8-4-5-9-12(11)22-10-6-2-1-3-7-10/h1-9H. The molecule has 0 unspecified atom stereocenters. The number of carbonyl (C=O) groups excluding carboxylic acids is 2. The van der Waals surface area contributed by atoms with Gasteiger partial charge in [0.1, 0.15) is 15.8 Å². The van der Waals surface area contributed by atoms with Crippen LogP contribution in [0.15, 0.2) is 64.7 Å². The number of para-hydroxylation sites is 3. The molecule has 0 bridgehead atoms. The van der Waals surface area contributed by atoms with E-state index in [1.54, 1.807) is 36.4 Å². The predicted molar refractivity (Wildman–Crippen MR) is 84.2 cm³/mol. The van der Waals surface area contributed by atoms with Crippen molar-refractivity contribution in [2.75, 3.05) is 4.90 Å². The summed E-state index contributed by atoms with van der Waals surface area (Å²) in [4.78, 5) is 25.1. The number of amides is 2. The van der Waals surface area contributed by atoms with Gasteiger partial charge in [0.25, 0.3) is 11.8 Å². The van der Waals surface area contributed by atoms with E-state index >= 15 is 0 Å². The summed E-state index contributed by atoms with van der Waals surface area (Å²) in [7, 11) is 0. The Balaban J connectivity index is 2.00. The van der Waals surface area contributed by atoms with Gasteiger partial charge in [-0.3, -0.25) is 9.59 Å². The summed E-state index contributed by atoms with van der Waals surface area (Å²) in [6, 6.07) is 15.7. The Hall–Kier alpha value is -2.30. The molecule has 0 radical (unpaired) electrons. The van der Waals surface area contributed by atoms with Gasteiger partial charge in [0.05, 0.1) is 5.69 Å². The van der Waals surface area contributed by atoms with Crippen molar-refractivity contribution in [1.29, 1.82) is 0 Å². The lowest BCUT2D eigenvalue weighted by molar-refractivity contribution is -0.120. The van der Waals surface area contributed by atoms with E-state index in [2.05, 4.69) is 0 Å². The van der Waals surface area contributed by atoms with Gasteiger partial charge >= 0.3 is 0 Å². The normalized spacial score (nSPS) is 14.7. The number of hydrogen-bond donors (Lipinski definition) is 0. The van der Waals surface area contributed by atoms with Gasteiger partial charge in [-0.15, -0.1) is 0 Å². The van der Waals surface area contributed by atoms with Gasteiger partial charge < -0.3 is 4.74 Å². The monoisotopic (exact) mass is 333 g/mol. The molecule has 1 aliphatic rings. The third-order valence-corrected chi connectivity index (χ3v) is 3.85. The molecule has 0 aromatic heterocycles. The SMILES string of the molecule is O=C1C(Cl)=C(Cl)C(=O)N1c1ccccc1Oc1ccccc1. The minimum absolute atomic E-state index is 0.287. The molecule has 2 aromatic carbocycles. The van der Waals surface area contributed by atoms with Crippen LogP contribution in [0.4, 0.5) is 5.69 Å². The molecule has 0 fully saturated rings. The molecule has 0 atom stereocenters. The molecular formula is C16H9Cl2NO3. The smallest absolute Gasteiger partial charge is 0.278 e. The number of imide groups is 1. The van der Waals surface area contributed by atoms with Crippen LogP contribution in [0.1, 0.15) is 0 Å². The zero-order valence-electron chi connectivity index (χ0n) is 11.1. The molecule has 0 saturated carbocycles. The second-order valence-corrected chi connectivity index (χ2v) is 5.21. The quantitative estimate of drug-likeness (QED) is 0.796. The number of nitrogens with zero attached hydrogens (tertiary/aromatic N) is 1. The summed E-state index contributed by atoms with van der Waals surface area (Å²) in [5.41, 5.74) is 0.287. The lowest BCUT2D eigenvalue weighted by atomic mass is 10.2. The van der Waals surface area contributed by atoms with Gasteiger partial charge in [-0.1, -0.05) is 53.5 Å². The van der Waals surface area contributed by atoms with Crippen molar-refractivity contribution in [3.05, 3.63) is 64.7 Å². The van der Waals surface area contributed by atoms with E-state index in [0.717, 1.165) is 4.90 Å². The summed E-state index contributed by atoms with van der Waals surface area (Å²) < 4.78 is 5.74. The molecule has 110 valence electrons. The van der Waals surface area contributed by atoms with Crippen LogP contribution >= 0.6 is 23.2 Å². The molecule has 0 aliphatic carbocycles. The minimum atomic E-state index is -0.666. The van der Waals surface area contributed by atoms with Gasteiger partial charge in [0.2, 0.25) is 0 Å². The Kier molecular flexibility index (Phi) is 3.88. The topological polar surface area (TPSA) is 46.6 Å². The minimum Gasteiger partial charge on any atom is -0.455 e. The number of halogens is 2. The number of hydrogen-bond acceptors (Lipinski definition) is 3. The van der Waals surface area contributed by atoms with Crippen molar-refractivity contribution < 1.29 is 14.3 Å². The third-order valence-electron chi connectivity index (χ3n) is 3.05. The fourth-order valence-electron chi connectivity index (χ4n) is 2.04. The Bertz CT molecular complexity index is 763. The molecule has 6 heteroatoms. The number of carbonyl (C=O) groups is 2. The van der Waals surface area contributed by atoms with Gasteiger partial charge in [0, 0.05) is 0 Å². The fourth-order valence-corrected chi connectivity index (χ4v) is 2.37. The predicted octanol–water partition coefficient (Wildman–Crippen LogP) is 4.04. The maximum atomic E-state index is 12.1. The average molecular weight is 334 g/mol. The number of ether oxygens (including phenoxy) is 1. The molecule has 2 amide bonds. The van der Waals surface area contributed by atoms with E-state index in [1.807, 2.05) is 18.2 Å². The lowest BCUT2D eigenvalue weighted by Gasteiger charge is -2.18. The van der Waals surface area contributed by atoms with Crippen molar-refractivity contribution in [1.82, 2.24) is 0 Å². The van der Waals surface area contributed by atoms with Crippen LogP contribution < -0.4 is 9.64 Å². The summed E-state index contributed by atoms with van der Waals surface area (Å²) >= 11 is 11.5. The molecule has 1 heterocycles. The summed E-state index contributed by atoms with van der Waals surface area (Å²) in [5.74, 6) is -0.396. The van der Waals surface area contributed by atoms with Gasteiger partial charge in [-0.25, -0.2) is 4.90 Å². The first kappa shape index (κ1) is 14.6. The first-order valence-corrected chi connectivity index (χ1v) is 7.11. The second kappa shape index (κ2) is 5.83. The van der Waals surface area contributed by atoms with Crippen LogP contribution in [0.2, 0.25) is 0 Å². The van der Waals surface area contributed by atoms with Crippen molar-refractivity contribution in [3.63, 3.8) is 0 Å². The average Bonchev–Trinajstić information content (AvgIpc) is 2.73. The van der Waals surface area contributed by atoms with Gasteiger partial charge in [0.15, 0.2) is 5.75 Å². The molecule has 3 rings (SSSR count).